The summed E-state index contributed by atoms with van der Waals surface area (Å²) in [6.45, 7) is 3.88. The van der Waals surface area contributed by atoms with Crippen molar-refractivity contribution in [3.63, 3.8) is 0 Å². The van der Waals surface area contributed by atoms with E-state index in [9.17, 15) is 4.79 Å². The normalized spacial score (nSPS) is 18.2. The molecule has 27 heavy (non-hydrogen) atoms. The summed E-state index contributed by atoms with van der Waals surface area (Å²) in [7, 11) is 4.72. The summed E-state index contributed by atoms with van der Waals surface area (Å²) in [5.41, 5.74) is 1.85. The average Bonchev–Trinajstić information content (AvgIpc) is 3.13. The van der Waals surface area contributed by atoms with Gasteiger partial charge in [0.25, 0.3) is 0 Å². The lowest BCUT2D eigenvalue weighted by atomic mass is 9.93. The lowest BCUT2D eigenvalue weighted by molar-refractivity contribution is -0.139. The first-order chi connectivity index (χ1) is 13.0. The number of amidine groups is 1. The number of carbonyl (C=O) groups is 1. The second kappa shape index (κ2) is 7.96. The SMILES string of the molecule is CCOC(=O)C1=C(C)N=C2SC=CN2[C@@H]1c1cc(OC)c(OC)cc1OC. The van der Waals surface area contributed by atoms with Gasteiger partial charge < -0.3 is 23.8 Å². The quantitative estimate of drug-likeness (QED) is 0.689. The van der Waals surface area contributed by atoms with Gasteiger partial charge in [0.1, 0.15) is 5.75 Å². The van der Waals surface area contributed by atoms with Crippen LogP contribution in [0.4, 0.5) is 0 Å². The van der Waals surface area contributed by atoms with Gasteiger partial charge in [0.2, 0.25) is 0 Å². The molecule has 0 unspecified atom stereocenters. The van der Waals surface area contributed by atoms with Gasteiger partial charge in [0.05, 0.1) is 45.2 Å². The molecule has 0 saturated carbocycles. The number of fused-ring (bicyclic) bond motifs is 1. The van der Waals surface area contributed by atoms with Crippen molar-refractivity contribution in [2.24, 2.45) is 4.99 Å². The van der Waals surface area contributed by atoms with Gasteiger partial charge in [-0.25, -0.2) is 9.79 Å². The Kier molecular flexibility index (Phi) is 5.65. The summed E-state index contributed by atoms with van der Waals surface area (Å²) < 4.78 is 21.8. The summed E-state index contributed by atoms with van der Waals surface area (Å²) in [4.78, 5) is 19.3. The molecule has 1 atom stereocenters. The topological polar surface area (TPSA) is 69.6 Å². The Bertz CT molecular complexity index is 847. The Hall–Kier alpha value is -2.61. The molecular weight excluding hydrogens is 368 g/mol. The number of ether oxygens (including phenoxy) is 4. The van der Waals surface area contributed by atoms with Crippen LogP contribution in [-0.4, -0.2) is 44.0 Å². The minimum atomic E-state index is -0.447. The number of hydrogen-bond donors (Lipinski definition) is 0. The first-order valence-corrected chi connectivity index (χ1v) is 9.31. The van der Waals surface area contributed by atoms with Gasteiger partial charge >= 0.3 is 5.97 Å². The third-order valence-corrected chi connectivity index (χ3v) is 5.12. The van der Waals surface area contributed by atoms with Crippen LogP contribution in [0, 0.1) is 0 Å². The van der Waals surface area contributed by atoms with E-state index in [2.05, 4.69) is 4.99 Å². The molecule has 0 fully saturated rings. The average molecular weight is 390 g/mol. The maximum atomic E-state index is 12.8. The Labute approximate surface area is 162 Å². The van der Waals surface area contributed by atoms with Gasteiger partial charge in [-0.05, 0) is 25.3 Å². The van der Waals surface area contributed by atoms with Crippen LogP contribution in [0.3, 0.4) is 0 Å². The fourth-order valence-corrected chi connectivity index (χ4v) is 3.93. The van der Waals surface area contributed by atoms with E-state index >= 15 is 0 Å². The van der Waals surface area contributed by atoms with E-state index in [1.54, 1.807) is 34.3 Å². The highest BCUT2D eigenvalue weighted by Crippen LogP contribution is 2.46. The van der Waals surface area contributed by atoms with Gasteiger partial charge in [0, 0.05) is 17.8 Å². The van der Waals surface area contributed by atoms with Crippen molar-refractivity contribution in [1.82, 2.24) is 4.90 Å². The van der Waals surface area contributed by atoms with Gasteiger partial charge in [0.15, 0.2) is 16.7 Å². The van der Waals surface area contributed by atoms with E-state index in [0.717, 1.165) is 10.7 Å². The Morgan fingerprint density at radius 1 is 1.15 bits per heavy atom. The van der Waals surface area contributed by atoms with E-state index in [1.165, 1.54) is 11.8 Å². The number of benzene rings is 1. The van der Waals surface area contributed by atoms with Crippen molar-refractivity contribution >= 4 is 22.9 Å². The van der Waals surface area contributed by atoms with Crippen molar-refractivity contribution in [1.29, 1.82) is 0 Å². The third-order valence-electron chi connectivity index (χ3n) is 4.35. The first-order valence-electron chi connectivity index (χ1n) is 8.43. The predicted octanol–water partition coefficient (Wildman–Crippen LogP) is 3.48. The van der Waals surface area contributed by atoms with Crippen LogP contribution in [0.5, 0.6) is 17.2 Å². The highest BCUT2D eigenvalue weighted by atomic mass is 32.2. The standard InChI is InChI=1S/C19H22N2O5S/c1-6-26-18(22)16-11(2)20-19-21(7-8-27-19)17(16)12-9-14(24-4)15(25-5)10-13(12)23-3/h7-10,17H,6H2,1-5H3/t17-/m1/s1. The number of hydrogen-bond acceptors (Lipinski definition) is 8. The molecule has 8 heteroatoms. The molecular formula is C19H22N2O5S. The second-order valence-electron chi connectivity index (χ2n) is 5.78. The largest absolute Gasteiger partial charge is 0.496 e. The molecule has 0 radical (unpaired) electrons. The molecule has 0 N–H and O–H groups in total. The molecule has 7 nitrogen and oxygen atoms in total. The minimum absolute atomic E-state index is 0.284. The Morgan fingerprint density at radius 2 is 1.81 bits per heavy atom. The van der Waals surface area contributed by atoms with E-state index in [-0.39, 0.29) is 6.61 Å². The maximum absolute atomic E-state index is 12.8. The Morgan fingerprint density at radius 3 is 2.44 bits per heavy atom. The van der Waals surface area contributed by atoms with Crippen LogP contribution in [0.2, 0.25) is 0 Å². The number of esters is 1. The fraction of sp³-hybridized carbons (Fsp3) is 0.368. The number of carbonyl (C=O) groups excluding carboxylic acids is 1. The first kappa shape index (κ1) is 19.2. The van der Waals surface area contributed by atoms with Crippen LogP contribution < -0.4 is 14.2 Å². The summed E-state index contributed by atoms with van der Waals surface area (Å²) >= 11 is 1.50. The molecule has 1 aromatic carbocycles. The second-order valence-corrected chi connectivity index (χ2v) is 6.65. The van der Waals surface area contributed by atoms with Crippen LogP contribution >= 0.6 is 11.8 Å². The number of methoxy groups -OCH3 is 3. The van der Waals surface area contributed by atoms with Crippen LogP contribution in [-0.2, 0) is 9.53 Å². The predicted molar refractivity (Wildman–Crippen MR) is 104 cm³/mol. The molecule has 3 rings (SSSR count). The number of aliphatic imine (C=N–C) groups is 1. The lowest BCUT2D eigenvalue weighted by Crippen LogP contribution is -2.34. The van der Waals surface area contributed by atoms with E-state index < -0.39 is 12.0 Å². The highest BCUT2D eigenvalue weighted by molar-refractivity contribution is 8.16. The van der Waals surface area contributed by atoms with Gasteiger partial charge in [-0.15, -0.1) is 0 Å². The highest BCUT2D eigenvalue weighted by Gasteiger charge is 2.39. The summed E-state index contributed by atoms with van der Waals surface area (Å²) in [5, 5.41) is 2.72. The van der Waals surface area contributed by atoms with Crippen LogP contribution in [0.1, 0.15) is 25.5 Å². The monoisotopic (exact) mass is 390 g/mol. The smallest absolute Gasteiger partial charge is 0.338 e. The number of thioether (sulfide) groups is 1. The molecule has 2 aliphatic heterocycles. The van der Waals surface area contributed by atoms with Gasteiger partial charge in [-0.1, -0.05) is 11.8 Å². The van der Waals surface area contributed by atoms with Crippen molar-refractivity contribution in [3.8, 4) is 17.2 Å². The van der Waals surface area contributed by atoms with Crippen LogP contribution in [0.25, 0.3) is 0 Å². The van der Waals surface area contributed by atoms with E-state index in [1.807, 2.05) is 29.5 Å². The molecule has 0 amide bonds. The zero-order valence-corrected chi connectivity index (χ0v) is 16.8. The number of allylic oxidation sites excluding steroid dienone is 1. The van der Waals surface area contributed by atoms with E-state index in [4.69, 9.17) is 18.9 Å². The number of nitrogens with zero attached hydrogens (tertiary/aromatic N) is 2. The molecule has 0 bridgehead atoms. The summed E-state index contributed by atoms with van der Waals surface area (Å²) in [6, 6.07) is 3.14. The molecule has 0 aliphatic carbocycles. The fourth-order valence-electron chi connectivity index (χ4n) is 3.14. The van der Waals surface area contributed by atoms with Gasteiger partial charge in [-0.2, -0.15) is 0 Å². The lowest BCUT2D eigenvalue weighted by Gasteiger charge is -2.34. The van der Waals surface area contributed by atoms with Crippen molar-refractivity contribution in [3.05, 3.63) is 40.6 Å². The molecule has 0 aromatic heterocycles. The van der Waals surface area contributed by atoms with Crippen molar-refractivity contribution < 1.29 is 23.7 Å². The van der Waals surface area contributed by atoms with Crippen molar-refractivity contribution in [2.45, 2.75) is 19.9 Å². The third kappa shape index (κ3) is 3.37. The molecule has 2 heterocycles. The van der Waals surface area contributed by atoms with Gasteiger partial charge in [-0.3, -0.25) is 0 Å². The zero-order chi connectivity index (χ0) is 19.6. The zero-order valence-electron chi connectivity index (χ0n) is 15.9. The molecule has 0 saturated heterocycles. The summed E-state index contributed by atoms with van der Waals surface area (Å²) in [5.74, 6) is 1.28. The van der Waals surface area contributed by atoms with Crippen LogP contribution in [0.15, 0.2) is 40.0 Å². The Balaban J connectivity index is 2.21. The molecule has 1 aromatic rings. The maximum Gasteiger partial charge on any atom is 0.338 e. The molecule has 144 valence electrons. The van der Waals surface area contributed by atoms with Crippen molar-refractivity contribution in [2.75, 3.05) is 27.9 Å². The minimum Gasteiger partial charge on any atom is -0.496 e. The summed E-state index contributed by atoms with van der Waals surface area (Å²) in [6.07, 6.45) is 1.90. The molecule has 2 aliphatic rings. The molecule has 0 spiro atoms. The number of rotatable bonds is 6. The van der Waals surface area contributed by atoms with E-state index in [0.29, 0.717) is 28.5 Å².